The Hall–Kier alpha value is -2.45. The minimum absolute atomic E-state index is 0.00555. The van der Waals surface area contributed by atoms with Crippen molar-refractivity contribution in [1.82, 2.24) is 0 Å². The first kappa shape index (κ1) is 18.9. The Morgan fingerprint density at radius 3 is 2.12 bits per heavy atom. The summed E-state index contributed by atoms with van der Waals surface area (Å²) >= 11 is 12.2. The van der Waals surface area contributed by atoms with Crippen LogP contribution in [0, 0.1) is 39.4 Å². The fourth-order valence-corrected chi connectivity index (χ4v) is 3.45. The van der Waals surface area contributed by atoms with E-state index in [1.165, 1.54) is 0 Å². The summed E-state index contributed by atoms with van der Waals surface area (Å²) in [6, 6.07) is 10.8. The molecule has 1 heterocycles. The Kier molecular flexibility index (Phi) is 4.87. The van der Waals surface area contributed by atoms with Crippen molar-refractivity contribution in [3.05, 3.63) is 56.3 Å². The quantitative estimate of drug-likeness (QED) is 0.618. The van der Waals surface area contributed by atoms with Crippen LogP contribution in [0.5, 0.6) is 0 Å². The molecule has 0 aromatic heterocycles. The molecule has 0 saturated carbocycles. The van der Waals surface area contributed by atoms with E-state index in [1.807, 2.05) is 20.8 Å². The van der Waals surface area contributed by atoms with Gasteiger partial charge in [0.1, 0.15) is 23.8 Å². The Morgan fingerprint density at radius 2 is 1.68 bits per heavy atom. The monoisotopic (exact) mass is 371 g/mol. The van der Waals surface area contributed by atoms with Crippen molar-refractivity contribution < 1.29 is 4.74 Å². The van der Waals surface area contributed by atoms with Gasteiger partial charge >= 0.3 is 0 Å². The second kappa shape index (κ2) is 6.45. The predicted octanol–water partition coefficient (Wildman–Crippen LogP) is 5.41. The maximum atomic E-state index is 9.70. The van der Waals surface area contributed by atoms with Gasteiger partial charge in [0, 0.05) is 11.1 Å². The molecule has 1 aliphatic heterocycles. The Labute approximate surface area is 157 Å². The fourth-order valence-electron chi connectivity index (χ4n) is 3.15. The molecule has 0 aliphatic carbocycles. The molecule has 0 spiro atoms. The molecule has 0 fully saturated rings. The van der Waals surface area contributed by atoms with Gasteiger partial charge in [0.05, 0.1) is 10.0 Å². The van der Waals surface area contributed by atoms with Crippen LogP contribution in [-0.4, -0.2) is 0 Å². The van der Waals surface area contributed by atoms with E-state index in [1.54, 1.807) is 37.3 Å². The minimum Gasteiger partial charge on any atom is -0.475 e. The highest BCUT2D eigenvalue weighted by molar-refractivity contribution is 6.42. The molecular weight excluding hydrogens is 357 g/mol. The van der Waals surface area contributed by atoms with E-state index in [-0.39, 0.29) is 16.9 Å². The number of nitriles is 3. The maximum Gasteiger partial charge on any atom is 0.172 e. The molecule has 0 N–H and O–H groups in total. The summed E-state index contributed by atoms with van der Waals surface area (Å²) in [5.41, 5.74) is -0.167. The van der Waals surface area contributed by atoms with Gasteiger partial charge < -0.3 is 4.74 Å². The van der Waals surface area contributed by atoms with Crippen molar-refractivity contribution >= 4 is 23.2 Å². The molecule has 1 aliphatic rings. The molecule has 0 amide bonds. The average molecular weight is 372 g/mol. The van der Waals surface area contributed by atoms with E-state index < -0.39 is 11.0 Å². The van der Waals surface area contributed by atoms with E-state index in [4.69, 9.17) is 27.9 Å². The lowest BCUT2D eigenvalue weighted by molar-refractivity contribution is 0.0585. The van der Waals surface area contributed by atoms with Crippen molar-refractivity contribution in [2.24, 2.45) is 5.41 Å². The van der Waals surface area contributed by atoms with E-state index in [2.05, 4.69) is 6.07 Å². The first-order valence-corrected chi connectivity index (χ1v) is 8.20. The molecule has 25 heavy (non-hydrogen) atoms. The summed E-state index contributed by atoms with van der Waals surface area (Å²) in [4.78, 5) is 0. The van der Waals surface area contributed by atoms with Crippen LogP contribution in [0.15, 0.2) is 40.7 Å². The lowest BCUT2D eigenvalue weighted by Gasteiger charge is -2.35. The summed E-state index contributed by atoms with van der Waals surface area (Å²) in [5, 5.41) is 28.9. The van der Waals surface area contributed by atoms with E-state index in [9.17, 15) is 15.8 Å². The van der Waals surface area contributed by atoms with Crippen molar-refractivity contribution in [2.75, 3.05) is 0 Å². The van der Waals surface area contributed by atoms with Gasteiger partial charge in [-0.3, -0.25) is 0 Å². The number of hydrogen-bond donors (Lipinski definition) is 0. The molecular formula is C19H15Cl2N3O. The van der Waals surface area contributed by atoms with Crippen LogP contribution in [0.1, 0.15) is 33.3 Å². The summed E-state index contributed by atoms with van der Waals surface area (Å²) < 4.78 is 6.05. The second-order valence-corrected chi connectivity index (χ2v) is 7.62. The van der Waals surface area contributed by atoms with Gasteiger partial charge in [-0.25, -0.2) is 0 Å². The van der Waals surface area contributed by atoms with Crippen LogP contribution in [0.4, 0.5) is 0 Å². The smallest absolute Gasteiger partial charge is 0.172 e. The van der Waals surface area contributed by atoms with Crippen LogP contribution >= 0.6 is 23.2 Å². The van der Waals surface area contributed by atoms with Gasteiger partial charge in [-0.15, -0.1) is 0 Å². The second-order valence-electron chi connectivity index (χ2n) is 6.80. The lowest BCUT2D eigenvalue weighted by Crippen LogP contribution is -2.31. The molecule has 1 atom stereocenters. The van der Waals surface area contributed by atoms with Crippen LogP contribution in [0.2, 0.25) is 10.0 Å². The lowest BCUT2D eigenvalue weighted by atomic mass is 9.73. The molecule has 4 nitrogen and oxygen atoms in total. The normalized spacial score (nSPS) is 19.7. The van der Waals surface area contributed by atoms with Crippen LogP contribution in [0.3, 0.4) is 0 Å². The highest BCUT2D eigenvalue weighted by Gasteiger charge is 2.49. The van der Waals surface area contributed by atoms with Gasteiger partial charge in [-0.2, -0.15) is 15.8 Å². The number of nitrogens with zero attached hydrogens (tertiary/aromatic N) is 3. The Balaban J connectivity index is 2.88. The third kappa shape index (κ3) is 3.10. The number of halogens is 2. The molecule has 0 saturated heterocycles. The number of hydrogen-bond acceptors (Lipinski definition) is 4. The van der Waals surface area contributed by atoms with Crippen molar-refractivity contribution in [3.63, 3.8) is 0 Å². The number of rotatable bonds is 1. The van der Waals surface area contributed by atoms with Crippen molar-refractivity contribution in [3.8, 4) is 18.2 Å². The zero-order chi connectivity index (χ0) is 19.0. The standard InChI is InChI=1S/C19H15Cl2N3O/c1-18(2,3)17-13(10-24)16(11(8-22)9-23)25-19(17,4)12-5-6-14(20)15(21)7-12/h5-7H,1-4H3. The molecule has 6 heteroatoms. The predicted molar refractivity (Wildman–Crippen MR) is 95.2 cm³/mol. The van der Waals surface area contributed by atoms with Crippen molar-refractivity contribution in [2.45, 2.75) is 33.3 Å². The van der Waals surface area contributed by atoms with Crippen molar-refractivity contribution in [1.29, 1.82) is 15.8 Å². The summed E-state index contributed by atoms with van der Waals surface area (Å²) in [5.74, 6) is 0.00555. The zero-order valence-corrected chi connectivity index (χ0v) is 15.7. The molecule has 2 rings (SSSR count). The number of ether oxygens (including phenoxy) is 1. The minimum atomic E-state index is -1.05. The van der Waals surface area contributed by atoms with Gasteiger partial charge in [0.2, 0.25) is 0 Å². The van der Waals surface area contributed by atoms with Crippen LogP contribution < -0.4 is 0 Å². The van der Waals surface area contributed by atoms with E-state index in [0.29, 0.717) is 21.2 Å². The van der Waals surface area contributed by atoms with E-state index >= 15 is 0 Å². The molecule has 0 radical (unpaired) electrons. The van der Waals surface area contributed by atoms with E-state index in [0.717, 1.165) is 0 Å². The molecule has 126 valence electrons. The average Bonchev–Trinajstić information content (AvgIpc) is 2.85. The third-order valence-corrected chi connectivity index (χ3v) is 4.78. The molecule has 1 unspecified atom stereocenters. The zero-order valence-electron chi connectivity index (χ0n) is 14.2. The first-order valence-electron chi connectivity index (χ1n) is 7.45. The van der Waals surface area contributed by atoms with Gasteiger partial charge in [0.15, 0.2) is 16.9 Å². The molecule has 1 aromatic rings. The van der Waals surface area contributed by atoms with Gasteiger partial charge in [-0.1, -0.05) is 50.0 Å². The Bertz CT molecular complexity index is 917. The summed E-state index contributed by atoms with van der Waals surface area (Å²) in [7, 11) is 0. The highest BCUT2D eigenvalue weighted by Crippen LogP contribution is 2.53. The third-order valence-electron chi connectivity index (χ3n) is 4.04. The van der Waals surface area contributed by atoms with Gasteiger partial charge in [0.25, 0.3) is 0 Å². The summed E-state index contributed by atoms with van der Waals surface area (Å²) in [6.07, 6.45) is 0. The molecule has 0 bridgehead atoms. The van der Waals surface area contributed by atoms with Crippen LogP contribution in [0.25, 0.3) is 0 Å². The topological polar surface area (TPSA) is 80.6 Å². The van der Waals surface area contributed by atoms with Crippen LogP contribution in [-0.2, 0) is 10.3 Å². The largest absolute Gasteiger partial charge is 0.475 e. The molecule has 1 aromatic carbocycles. The number of allylic oxidation sites excluding steroid dienone is 2. The SMILES string of the molecule is CC(C)(C)C1=C(C#N)C(=C(C#N)C#N)OC1(C)c1ccc(Cl)c(Cl)c1. The fraction of sp³-hybridized carbons (Fsp3) is 0.316. The summed E-state index contributed by atoms with van der Waals surface area (Å²) in [6.45, 7) is 7.63. The van der Waals surface area contributed by atoms with Gasteiger partial charge in [-0.05, 0) is 24.5 Å². The Morgan fingerprint density at radius 1 is 1.08 bits per heavy atom. The highest BCUT2D eigenvalue weighted by atomic mass is 35.5. The number of benzene rings is 1. The maximum absolute atomic E-state index is 9.70. The first-order chi connectivity index (χ1) is 11.6.